The Morgan fingerprint density at radius 2 is 1.80 bits per heavy atom. The van der Waals surface area contributed by atoms with Crippen LogP contribution in [0.4, 0.5) is 8.78 Å². The van der Waals surface area contributed by atoms with Gasteiger partial charge in [0.2, 0.25) is 0 Å². The minimum atomic E-state index is -0.925. The van der Waals surface area contributed by atoms with Crippen molar-refractivity contribution in [3.05, 3.63) is 72.0 Å². The molecular formula is C14H10ClF2NO2. The van der Waals surface area contributed by atoms with Gasteiger partial charge in [0.1, 0.15) is 5.83 Å². The zero-order valence-corrected chi connectivity index (χ0v) is 11.0. The molecule has 0 aromatic carbocycles. The Morgan fingerprint density at radius 3 is 2.25 bits per heavy atom. The Bertz CT molecular complexity index is 600. The smallest absolute Gasteiger partial charge is 0.266 e. The van der Waals surface area contributed by atoms with E-state index in [0.717, 1.165) is 29.8 Å². The molecule has 6 heteroatoms. The van der Waals surface area contributed by atoms with E-state index in [9.17, 15) is 18.4 Å². The van der Waals surface area contributed by atoms with Crippen molar-refractivity contribution in [3.63, 3.8) is 0 Å². The largest absolute Gasteiger partial charge is 0.268 e. The standard InChI is InChI=1S/C14H10ClF2NO2/c1-3-9-10(6-8-16)14(20)18(13(9)19)12(4-2)11(17)5-7-15/h3-8H,1-2H2/b7-5+,8-6+,12-11-. The van der Waals surface area contributed by atoms with Crippen molar-refractivity contribution < 1.29 is 18.4 Å². The predicted molar refractivity (Wildman–Crippen MR) is 72.6 cm³/mol. The number of allylic oxidation sites excluding steroid dienone is 3. The number of hydrogen-bond acceptors (Lipinski definition) is 2. The second-order valence-electron chi connectivity index (χ2n) is 3.50. The summed E-state index contributed by atoms with van der Waals surface area (Å²) >= 11 is 5.25. The van der Waals surface area contributed by atoms with Crippen LogP contribution in [0.2, 0.25) is 0 Å². The lowest BCUT2D eigenvalue weighted by Crippen LogP contribution is -2.30. The fourth-order valence-corrected chi connectivity index (χ4v) is 1.75. The molecule has 1 heterocycles. The molecule has 104 valence electrons. The first-order valence-electron chi connectivity index (χ1n) is 5.34. The Labute approximate surface area is 119 Å². The molecule has 2 amide bonds. The second-order valence-corrected chi connectivity index (χ2v) is 3.75. The van der Waals surface area contributed by atoms with Gasteiger partial charge in [0.15, 0.2) is 0 Å². The molecule has 0 spiro atoms. The van der Waals surface area contributed by atoms with Crippen LogP contribution in [0.3, 0.4) is 0 Å². The lowest BCUT2D eigenvalue weighted by Gasteiger charge is -2.15. The summed E-state index contributed by atoms with van der Waals surface area (Å²) < 4.78 is 26.0. The number of carbonyl (C=O) groups excluding carboxylic acids is 2. The highest BCUT2D eigenvalue weighted by molar-refractivity contribution is 6.25. The zero-order valence-electron chi connectivity index (χ0n) is 10.3. The van der Waals surface area contributed by atoms with Gasteiger partial charge in [-0.1, -0.05) is 30.8 Å². The molecule has 1 rings (SSSR count). The summed E-state index contributed by atoms with van der Waals surface area (Å²) in [4.78, 5) is 24.7. The van der Waals surface area contributed by atoms with E-state index in [4.69, 9.17) is 11.6 Å². The van der Waals surface area contributed by atoms with Crippen molar-refractivity contribution in [2.24, 2.45) is 0 Å². The van der Waals surface area contributed by atoms with E-state index in [1.807, 2.05) is 0 Å². The quantitative estimate of drug-likeness (QED) is 0.576. The fourth-order valence-electron chi connectivity index (χ4n) is 1.64. The van der Waals surface area contributed by atoms with Gasteiger partial charge in [0, 0.05) is 5.54 Å². The highest BCUT2D eigenvalue weighted by atomic mass is 35.5. The number of carbonyl (C=O) groups is 2. The minimum absolute atomic E-state index is 0.111. The number of imide groups is 1. The van der Waals surface area contributed by atoms with Gasteiger partial charge >= 0.3 is 0 Å². The van der Waals surface area contributed by atoms with Crippen molar-refractivity contribution in [1.29, 1.82) is 0 Å². The van der Waals surface area contributed by atoms with Crippen LogP contribution in [0.25, 0.3) is 0 Å². The molecular weight excluding hydrogens is 288 g/mol. The lowest BCUT2D eigenvalue weighted by atomic mass is 10.1. The van der Waals surface area contributed by atoms with Crippen LogP contribution in [-0.4, -0.2) is 16.7 Å². The minimum Gasteiger partial charge on any atom is -0.268 e. The van der Waals surface area contributed by atoms with Crippen molar-refractivity contribution in [2.75, 3.05) is 0 Å². The van der Waals surface area contributed by atoms with E-state index < -0.39 is 17.6 Å². The van der Waals surface area contributed by atoms with Crippen molar-refractivity contribution in [3.8, 4) is 0 Å². The van der Waals surface area contributed by atoms with E-state index in [0.29, 0.717) is 4.90 Å². The summed E-state index contributed by atoms with van der Waals surface area (Å²) in [6.07, 6.45) is 3.87. The molecule has 0 radical (unpaired) electrons. The van der Waals surface area contributed by atoms with E-state index in [2.05, 4.69) is 13.2 Å². The number of halogens is 3. The maximum absolute atomic E-state index is 13.8. The highest BCUT2D eigenvalue weighted by Crippen LogP contribution is 2.28. The molecule has 0 aromatic rings. The second kappa shape index (κ2) is 6.77. The Morgan fingerprint density at radius 1 is 1.20 bits per heavy atom. The van der Waals surface area contributed by atoms with E-state index >= 15 is 0 Å². The molecule has 20 heavy (non-hydrogen) atoms. The summed E-state index contributed by atoms with van der Waals surface area (Å²) in [5, 5.41) is 0. The van der Waals surface area contributed by atoms with Crippen LogP contribution in [0.1, 0.15) is 0 Å². The molecule has 0 aliphatic carbocycles. The molecule has 0 aromatic heterocycles. The third kappa shape index (κ3) is 2.67. The van der Waals surface area contributed by atoms with Crippen LogP contribution >= 0.6 is 11.6 Å². The molecule has 0 fully saturated rings. The Balaban J connectivity index is 3.42. The maximum Gasteiger partial charge on any atom is 0.266 e. The Kier molecular flexibility index (Phi) is 5.34. The molecule has 1 aliphatic heterocycles. The molecule has 0 saturated carbocycles. The number of amides is 2. The SMILES string of the molecule is C=CC1=C(/C=C/F)C(=O)N(/C(C=C)=C(F)/C=C/Cl)C1=O. The summed E-state index contributed by atoms with van der Waals surface area (Å²) in [5.41, 5.74) is 0.174. The average Bonchev–Trinajstić information content (AvgIpc) is 2.65. The summed E-state index contributed by atoms with van der Waals surface area (Å²) in [6, 6.07) is 0. The molecule has 0 bridgehead atoms. The first kappa shape index (κ1) is 15.8. The Hall–Kier alpha value is -2.27. The van der Waals surface area contributed by atoms with Crippen molar-refractivity contribution in [2.45, 2.75) is 0 Å². The molecule has 0 atom stereocenters. The van der Waals surface area contributed by atoms with Crippen molar-refractivity contribution >= 4 is 23.4 Å². The molecule has 3 nitrogen and oxygen atoms in total. The third-order valence-electron chi connectivity index (χ3n) is 2.48. The van der Waals surface area contributed by atoms with Gasteiger partial charge in [-0.3, -0.25) is 9.59 Å². The van der Waals surface area contributed by atoms with Gasteiger partial charge in [0.05, 0.1) is 23.2 Å². The number of hydrogen-bond donors (Lipinski definition) is 0. The molecule has 0 unspecified atom stereocenters. The first-order chi connectivity index (χ1) is 9.53. The summed E-state index contributed by atoms with van der Waals surface area (Å²) in [6.45, 7) is 6.72. The van der Waals surface area contributed by atoms with Gasteiger partial charge in [-0.25, -0.2) is 13.7 Å². The number of nitrogens with zero attached hydrogens (tertiary/aromatic N) is 1. The van der Waals surface area contributed by atoms with Crippen LogP contribution in [0, 0.1) is 0 Å². The van der Waals surface area contributed by atoms with Crippen LogP contribution in [0.5, 0.6) is 0 Å². The third-order valence-corrected chi connectivity index (χ3v) is 2.61. The van der Waals surface area contributed by atoms with Crippen molar-refractivity contribution in [1.82, 2.24) is 4.90 Å². The molecule has 1 aliphatic rings. The topological polar surface area (TPSA) is 37.4 Å². The maximum atomic E-state index is 13.8. The summed E-state index contributed by atoms with van der Waals surface area (Å²) in [7, 11) is 0. The average molecular weight is 298 g/mol. The van der Waals surface area contributed by atoms with E-state index in [1.165, 1.54) is 0 Å². The lowest BCUT2D eigenvalue weighted by molar-refractivity contribution is -0.134. The van der Waals surface area contributed by atoms with E-state index in [-0.39, 0.29) is 23.2 Å². The van der Waals surface area contributed by atoms with Gasteiger partial charge in [0.25, 0.3) is 11.8 Å². The first-order valence-corrected chi connectivity index (χ1v) is 5.78. The number of rotatable bonds is 5. The molecule has 0 N–H and O–H groups in total. The predicted octanol–water partition coefficient (Wildman–Crippen LogP) is 3.44. The fraction of sp³-hybridized carbons (Fsp3) is 0. The van der Waals surface area contributed by atoms with Gasteiger partial charge in [-0.05, 0) is 18.2 Å². The monoisotopic (exact) mass is 297 g/mol. The van der Waals surface area contributed by atoms with Gasteiger partial charge < -0.3 is 0 Å². The van der Waals surface area contributed by atoms with E-state index in [1.54, 1.807) is 0 Å². The highest BCUT2D eigenvalue weighted by Gasteiger charge is 2.38. The van der Waals surface area contributed by atoms with Crippen LogP contribution in [-0.2, 0) is 9.59 Å². The van der Waals surface area contributed by atoms with Gasteiger partial charge in [-0.15, -0.1) is 0 Å². The summed E-state index contributed by atoms with van der Waals surface area (Å²) in [5.74, 6) is -2.61. The van der Waals surface area contributed by atoms with Crippen LogP contribution < -0.4 is 0 Å². The van der Waals surface area contributed by atoms with Gasteiger partial charge in [-0.2, -0.15) is 0 Å². The molecule has 0 saturated heterocycles. The van der Waals surface area contributed by atoms with Crippen LogP contribution in [0.15, 0.2) is 72.0 Å². The normalized spacial score (nSPS) is 17.4. The zero-order chi connectivity index (χ0) is 15.3.